The predicted octanol–water partition coefficient (Wildman–Crippen LogP) is 1.61. The SMILES string of the molecule is NC(=O)C(=N/Nc1ccccc1)/C(C=O)=N\Nc1ccccc1. The fourth-order valence-electron chi connectivity index (χ4n) is 1.64. The van der Waals surface area contributed by atoms with Crippen molar-refractivity contribution in [2.24, 2.45) is 15.9 Å². The standard InChI is InChI=1S/C16H15N5O2/c17-16(23)15(21-19-13-9-5-2-6-10-13)14(11-22)20-18-12-7-3-1-4-8-12/h1-11,18-19H,(H2,17,23)/b20-14-,21-15+. The molecule has 0 atom stereocenters. The molecule has 0 bridgehead atoms. The number of amides is 1. The summed E-state index contributed by atoms with van der Waals surface area (Å²) in [5.41, 5.74) is 11.4. The Labute approximate surface area is 132 Å². The molecule has 7 heteroatoms. The Balaban J connectivity index is 2.19. The predicted molar refractivity (Wildman–Crippen MR) is 90.3 cm³/mol. The van der Waals surface area contributed by atoms with Crippen LogP contribution in [0.2, 0.25) is 0 Å². The highest BCUT2D eigenvalue weighted by atomic mass is 16.1. The summed E-state index contributed by atoms with van der Waals surface area (Å²) in [6.45, 7) is 0. The zero-order chi connectivity index (χ0) is 16.5. The zero-order valence-electron chi connectivity index (χ0n) is 12.1. The second-order valence-electron chi connectivity index (χ2n) is 4.40. The first-order valence-corrected chi connectivity index (χ1v) is 6.73. The third-order valence-corrected chi connectivity index (χ3v) is 2.74. The largest absolute Gasteiger partial charge is 0.364 e. The number of primary amides is 1. The van der Waals surface area contributed by atoms with Crippen LogP contribution in [0.25, 0.3) is 0 Å². The van der Waals surface area contributed by atoms with E-state index in [1.165, 1.54) is 0 Å². The van der Waals surface area contributed by atoms with Gasteiger partial charge in [0.05, 0.1) is 11.4 Å². The third kappa shape index (κ3) is 4.78. The molecule has 116 valence electrons. The van der Waals surface area contributed by atoms with E-state index in [0.29, 0.717) is 17.7 Å². The summed E-state index contributed by atoms with van der Waals surface area (Å²) in [7, 11) is 0. The summed E-state index contributed by atoms with van der Waals surface area (Å²) in [4.78, 5) is 22.7. The van der Waals surface area contributed by atoms with E-state index in [1.807, 2.05) is 12.1 Å². The van der Waals surface area contributed by atoms with Gasteiger partial charge in [0, 0.05) is 0 Å². The van der Waals surface area contributed by atoms with Gasteiger partial charge in [-0.1, -0.05) is 36.4 Å². The van der Waals surface area contributed by atoms with Crippen LogP contribution in [0, 0.1) is 0 Å². The van der Waals surface area contributed by atoms with Gasteiger partial charge in [-0.3, -0.25) is 20.4 Å². The van der Waals surface area contributed by atoms with Crippen molar-refractivity contribution < 1.29 is 9.59 Å². The molecule has 2 rings (SSSR count). The number of rotatable bonds is 7. The molecule has 4 N–H and O–H groups in total. The molecular weight excluding hydrogens is 294 g/mol. The lowest BCUT2D eigenvalue weighted by Gasteiger charge is -2.05. The molecule has 0 aliphatic heterocycles. The van der Waals surface area contributed by atoms with E-state index in [9.17, 15) is 9.59 Å². The van der Waals surface area contributed by atoms with Gasteiger partial charge in [0.15, 0.2) is 17.7 Å². The van der Waals surface area contributed by atoms with Gasteiger partial charge in [-0.25, -0.2) is 0 Å². The number of carbonyl (C=O) groups is 2. The van der Waals surface area contributed by atoms with Gasteiger partial charge in [-0.05, 0) is 24.3 Å². The molecule has 0 radical (unpaired) electrons. The van der Waals surface area contributed by atoms with E-state index >= 15 is 0 Å². The van der Waals surface area contributed by atoms with E-state index in [4.69, 9.17) is 5.73 Å². The van der Waals surface area contributed by atoms with Crippen molar-refractivity contribution in [2.45, 2.75) is 0 Å². The zero-order valence-corrected chi connectivity index (χ0v) is 12.1. The minimum absolute atomic E-state index is 0.204. The van der Waals surface area contributed by atoms with Crippen LogP contribution in [-0.4, -0.2) is 23.6 Å². The maximum Gasteiger partial charge on any atom is 0.271 e. The minimum Gasteiger partial charge on any atom is -0.364 e. The highest BCUT2D eigenvalue weighted by Gasteiger charge is 2.15. The van der Waals surface area contributed by atoms with Crippen LogP contribution >= 0.6 is 0 Å². The van der Waals surface area contributed by atoms with Crippen molar-refractivity contribution in [1.29, 1.82) is 0 Å². The van der Waals surface area contributed by atoms with Crippen LogP contribution in [0.15, 0.2) is 70.9 Å². The normalized spacial score (nSPS) is 11.7. The molecule has 0 aliphatic rings. The fraction of sp³-hybridized carbons (Fsp3) is 0. The number of anilines is 2. The van der Waals surface area contributed by atoms with Crippen LogP contribution in [-0.2, 0) is 9.59 Å². The molecular formula is C16H15N5O2. The highest BCUT2D eigenvalue weighted by molar-refractivity contribution is 6.77. The number of nitrogens with zero attached hydrogens (tertiary/aromatic N) is 2. The summed E-state index contributed by atoms with van der Waals surface area (Å²) in [5.74, 6) is -0.867. The number of para-hydroxylation sites is 2. The minimum atomic E-state index is -0.867. The lowest BCUT2D eigenvalue weighted by atomic mass is 10.2. The summed E-state index contributed by atoms with van der Waals surface area (Å²) >= 11 is 0. The monoisotopic (exact) mass is 309 g/mol. The molecule has 2 aromatic carbocycles. The van der Waals surface area contributed by atoms with Crippen molar-refractivity contribution >= 4 is 35.0 Å². The molecule has 0 spiro atoms. The van der Waals surface area contributed by atoms with Gasteiger partial charge >= 0.3 is 0 Å². The molecule has 0 fully saturated rings. The van der Waals surface area contributed by atoms with E-state index in [0.717, 1.165) is 0 Å². The molecule has 7 nitrogen and oxygen atoms in total. The number of hydrogen-bond acceptors (Lipinski definition) is 6. The number of benzene rings is 2. The Morgan fingerprint density at radius 1 is 0.870 bits per heavy atom. The first-order valence-electron chi connectivity index (χ1n) is 6.73. The van der Waals surface area contributed by atoms with Crippen LogP contribution in [0.4, 0.5) is 11.4 Å². The number of nitrogens with one attached hydrogen (secondary N) is 2. The molecule has 0 aromatic heterocycles. The van der Waals surface area contributed by atoms with Gasteiger partial charge in [-0.15, -0.1) is 0 Å². The number of nitrogens with two attached hydrogens (primary N) is 1. The van der Waals surface area contributed by atoms with Gasteiger partial charge < -0.3 is 5.73 Å². The van der Waals surface area contributed by atoms with Gasteiger partial charge in [0.2, 0.25) is 0 Å². The van der Waals surface area contributed by atoms with Crippen molar-refractivity contribution in [1.82, 2.24) is 0 Å². The smallest absolute Gasteiger partial charge is 0.271 e. The maximum absolute atomic E-state index is 11.5. The molecule has 0 saturated carbocycles. The van der Waals surface area contributed by atoms with E-state index in [2.05, 4.69) is 21.1 Å². The van der Waals surface area contributed by atoms with E-state index in [-0.39, 0.29) is 11.4 Å². The average Bonchev–Trinajstić information content (AvgIpc) is 2.59. The van der Waals surface area contributed by atoms with E-state index < -0.39 is 5.91 Å². The highest BCUT2D eigenvalue weighted by Crippen LogP contribution is 2.06. The molecule has 0 aliphatic carbocycles. The molecule has 1 amide bonds. The second kappa shape index (κ2) is 8.08. The van der Waals surface area contributed by atoms with Crippen molar-refractivity contribution in [3.05, 3.63) is 60.7 Å². The number of hydrogen-bond donors (Lipinski definition) is 3. The molecule has 0 heterocycles. The second-order valence-corrected chi connectivity index (χ2v) is 4.40. The van der Waals surface area contributed by atoms with E-state index in [1.54, 1.807) is 48.5 Å². The van der Waals surface area contributed by atoms with Crippen LogP contribution in [0.3, 0.4) is 0 Å². The quantitative estimate of drug-likeness (QED) is 0.410. The number of hydrazone groups is 2. The molecule has 23 heavy (non-hydrogen) atoms. The van der Waals surface area contributed by atoms with Gasteiger partial charge in [-0.2, -0.15) is 10.2 Å². The Hall–Kier alpha value is -3.48. The average molecular weight is 309 g/mol. The molecule has 0 saturated heterocycles. The molecule has 2 aromatic rings. The summed E-state index contributed by atoms with van der Waals surface area (Å²) < 4.78 is 0. The van der Waals surface area contributed by atoms with Gasteiger partial charge in [0.25, 0.3) is 5.91 Å². The van der Waals surface area contributed by atoms with Crippen LogP contribution in [0.5, 0.6) is 0 Å². The summed E-state index contributed by atoms with van der Waals surface area (Å²) in [6.07, 6.45) is 0.409. The van der Waals surface area contributed by atoms with Crippen molar-refractivity contribution in [3.8, 4) is 0 Å². The topological polar surface area (TPSA) is 109 Å². The molecule has 0 unspecified atom stereocenters. The van der Waals surface area contributed by atoms with Crippen molar-refractivity contribution in [3.63, 3.8) is 0 Å². The van der Waals surface area contributed by atoms with Crippen LogP contribution in [0.1, 0.15) is 0 Å². The Morgan fingerprint density at radius 2 is 1.35 bits per heavy atom. The Kier molecular flexibility index (Phi) is 5.59. The fourth-order valence-corrected chi connectivity index (χ4v) is 1.64. The summed E-state index contributed by atoms with van der Waals surface area (Å²) in [6, 6.07) is 17.9. The number of carbonyl (C=O) groups excluding carboxylic acids is 2. The van der Waals surface area contributed by atoms with Crippen LogP contribution < -0.4 is 16.6 Å². The Morgan fingerprint density at radius 3 is 1.78 bits per heavy atom. The lowest BCUT2D eigenvalue weighted by Crippen LogP contribution is -2.33. The van der Waals surface area contributed by atoms with Crippen molar-refractivity contribution in [2.75, 3.05) is 10.9 Å². The maximum atomic E-state index is 11.5. The Bertz CT molecular complexity index is 727. The first kappa shape index (κ1) is 15.9. The van der Waals surface area contributed by atoms with Gasteiger partial charge in [0.1, 0.15) is 0 Å². The third-order valence-electron chi connectivity index (χ3n) is 2.74. The lowest BCUT2D eigenvalue weighted by molar-refractivity contribution is -0.112. The summed E-state index contributed by atoms with van der Waals surface area (Å²) in [5, 5.41) is 7.74. The first-order chi connectivity index (χ1) is 11.2. The number of aldehydes is 1.